The molecule has 2 rings (SSSR count). The van der Waals surface area contributed by atoms with Crippen molar-refractivity contribution in [3.63, 3.8) is 0 Å². The van der Waals surface area contributed by atoms with Crippen molar-refractivity contribution in [2.75, 3.05) is 17.7 Å². The number of aryl methyl sites for hydroxylation is 1. The lowest BCUT2D eigenvalue weighted by atomic mass is 10.1. The van der Waals surface area contributed by atoms with Gasteiger partial charge in [0.25, 0.3) is 0 Å². The van der Waals surface area contributed by atoms with E-state index in [0.29, 0.717) is 12.0 Å². The summed E-state index contributed by atoms with van der Waals surface area (Å²) in [5, 5.41) is 6.55. The number of hydrogen-bond acceptors (Lipinski definition) is 4. The molecule has 0 unspecified atom stereocenters. The Hall–Kier alpha value is -1.32. The van der Waals surface area contributed by atoms with Crippen LogP contribution in [0.4, 0.5) is 11.8 Å². The van der Waals surface area contributed by atoms with E-state index in [0.717, 1.165) is 11.4 Å². The first-order valence-corrected chi connectivity index (χ1v) is 6.57. The van der Waals surface area contributed by atoms with E-state index in [1.165, 1.54) is 38.5 Å². The Labute approximate surface area is 103 Å². The fourth-order valence-electron chi connectivity index (χ4n) is 2.33. The Morgan fingerprint density at radius 2 is 1.88 bits per heavy atom. The quantitative estimate of drug-likeness (QED) is 0.789. The minimum atomic E-state index is 0.579. The molecule has 0 bridgehead atoms. The molecular formula is C13H22N4. The average Bonchev–Trinajstić information content (AvgIpc) is 2.60. The second kappa shape index (κ2) is 5.84. The normalized spacial score (nSPS) is 17.5. The van der Waals surface area contributed by atoms with Gasteiger partial charge in [-0.15, -0.1) is 0 Å². The molecule has 0 amide bonds. The highest BCUT2D eigenvalue weighted by atomic mass is 15.1. The third-order valence-corrected chi connectivity index (χ3v) is 3.39. The summed E-state index contributed by atoms with van der Waals surface area (Å²) in [5.74, 6) is 1.67. The summed E-state index contributed by atoms with van der Waals surface area (Å²) in [4.78, 5) is 8.69. The molecule has 1 aromatic heterocycles. The van der Waals surface area contributed by atoms with Crippen LogP contribution in [-0.4, -0.2) is 23.1 Å². The molecule has 1 aromatic rings. The number of aromatic nitrogens is 2. The lowest BCUT2D eigenvalue weighted by molar-refractivity contribution is 0.617. The van der Waals surface area contributed by atoms with Gasteiger partial charge in [-0.05, 0) is 19.8 Å². The van der Waals surface area contributed by atoms with Crippen LogP contribution in [-0.2, 0) is 0 Å². The number of nitrogens with zero attached hydrogens (tertiary/aromatic N) is 2. The van der Waals surface area contributed by atoms with Crippen molar-refractivity contribution in [2.45, 2.75) is 51.5 Å². The largest absolute Gasteiger partial charge is 0.367 e. The molecule has 94 valence electrons. The lowest BCUT2D eigenvalue weighted by Crippen LogP contribution is -2.20. The van der Waals surface area contributed by atoms with E-state index in [1.54, 1.807) is 0 Å². The van der Waals surface area contributed by atoms with Gasteiger partial charge in [-0.2, -0.15) is 4.98 Å². The van der Waals surface area contributed by atoms with Crippen molar-refractivity contribution < 1.29 is 0 Å². The van der Waals surface area contributed by atoms with Gasteiger partial charge >= 0.3 is 0 Å². The number of anilines is 2. The maximum Gasteiger partial charge on any atom is 0.224 e. The number of hydrogen-bond donors (Lipinski definition) is 2. The minimum Gasteiger partial charge on any atom is -0.367 e. The summed E-state index contributed by atoms with van der Waals surface area (Å²) in [6.07, 6.45) is 9.82. The number of nitrogens with one attached hydrogen (secondary N) is 2. The zero-order valence-electron chi connectivity index (χ0n) is 10.8. The summed E-state index contributed by atoms with van der Waals surface area (Å²) in [6.45, 7) is 2.05. The molecule has 1 aliphatic rings. The van der Waals surface area contributed by atoms with Gasteiger partial charge in [-0.3, -0.25) is 0 Å². The van der Waals surface area contributed by atoms with Crippen LogP contribution in [0.1, 0.15) is 44.1 Å². The van der Waals surface area contributed by atoms with Gasteiger partial charge in [0.2, 0.25) is 5.95 Å². The summed E-state index contributed by atoms with van der Waals surface area (Å²) >= 11 is 0. The molecule has 4 nitrogen and oxygen atoms in total. The Bertz CT molecular complexity index is 356. The van der Waals surface area contributed by atoms with Crippen molar-refractivity contribution in [3.05, 3.63) is 11.8 Å². The molecular weight excluding hydrogens is 212 g/mol. The molecule has 0 atom stereocenters. The molecule has 2 N–H and O–H groups in total. The van der Waals surface area contributed by atoms with Gasteiger partial charge in [0, 0.05) is 24.8 Å². The van der Waals surface area contributed by atoms with Crippen molar-refractivity contribution in [1.82, 2.24) is 9.97 Å². The van der Waals surface area contributed by atoms with E-state index in [9.17, 15) is 0 Å². The van der Waals surface area contributed by atoms with Crippen LogP contribution in [0.15, 0.2) is 6.20 Å². The van der Waals surface area contributed by atoms with E-state index < -0.39 is 0 Å². The summed E-state index contributed by atoms with van der Waals surface area (Å²) < 4.78 is 0. The Kier molecular flexibility index (Phi) is 4.18. The average molecular weight is 234 g/mol. The van der Waals surface area contributed by atoms with Crippen molar-refractivity contribution in [3.8, 4) is 0 Å². The highest BCUT2D eigenvalue weighted by Crippen LogP contribution is 2.22. The SMILES string of the molecule is CNc1ncc(C)c(NC2CCCCCC2)n1. The maximum atomic E-state index is 4.48. The van der Waals surface area contributed by atoms with Crippen LogP contribution in [0.5, 0.6) is 0 Å². The summed E-state index contributed by atoms with van der Waals surface area (Å²) in [5.41, 5.74) is 1.12. The van der Waals surface area contributed by atoms with Crippen LogP contribution in [0.3, 0.4) is 0 Å². The molecule has 1 aliphatic carbocycles. The molecule has 0 saturated heterocycles. The van der Waals surface area contributed by atoms with Gasteiger partial charge in [-0.1, -0.05) is 25.7 Å². The highest BCUT2D eigenvalue weighted by Gasteiger charge is 2.13. The van der Waals surface area contributed by atoms with E-state index in [4.69, 9.17) is 0 Å². The Balaban J connectivity index is 2.05. The smallest absolute Gasteiger partial charge is 0.224 e. The van der Waals surface area contributed by atoms with Crippen molar-refractivity contribution in [1.29, 1.82) is 0 Å². The van der Waals surface area contributed by atoms with Crippen LogP contribution in [0.25, 0.3) is 0 Å². The molecule has 0 radical (unpaired) electrons. The van der Waals surface area contributed by atoms with Gasteiger partial charge < -0.3 is 10.6 Å². The Morgan fingerprint density at radius 3 is 2.53 bits per heavy atom. The second-order valence-corrected chi connectivity index (χ2v) is 4.81. The fourth-order valence-corrected chi connectivity index (χ4v) is 2.33. The molecule has 1 fully saturated rings. The molecule has 0 aromatic carbocycles. The standard InChI is InChI=1S/C13H22N4/c1-10-9-15-13(14-2)17-12(10)16-11-7-5-3-4-6-8-11/h9,11H,3-8H2,1-2H3,(H2,14,15,16,17). The topological polar surface area (TPSA) is 49.8 Å². The monoisotopic (exact) mass is 234 g/mol. The van der Waals surface area contributed by atoms with Gasteiger partial charge in [-0.25, -0.2) is 4.98 Å². The molecule has 1 heterocycles. The van der Waals surface area contributed by atoms with Gasteiger partial charge in [0.1, 0.15) is 5.82 Å². The van der Waals surface area contributed by atoms with E-state index in [-0.39, 0.29) is 0 Å². The minimum absolute atomic E-state index is 0.579. The molecule has 4 heteroatoms. The van der Waals surface area contributed by atoms with Gasteiger partial charge in [0.15, 0.2) is 0 Å². The first kappa shape index (κ1) is 12.1. The third kappa shape index (κ3) is 3.32. The van der Waals surface area contributed by atoms with Crippen LogP contribution in [0, 0.1) is 6.92 Å². The fraction of sp³-hybridized carbons (Fsp3) is 0.692. The van der Waals surface area contributed by atoms with Crippen molar-refractivity contribution in [2.24, 2.45) is 0 Å². The van der Waals surface area contributed by atoms with Crippen LogP contribution in [0.2, 0.25) is 0 Å². The zero-order chi connectivity index (χ0) is 12.1. The first-order chi connectivity index (χ1) is 8.29. The van der Waals surface area contributed by atoms with E-state index in [2.05, 4.69) is 27.5 Å². The highest BCUT2D eigenvalue weighted by molar-refractivity contribution is 5.46. The molecule has 1 saturated carbocycles. The Morgan fingerprint density at radius 1 is 1.18 bits per heavy atom. The lowest BCUT2D eigenvalue weighted by Gasteiger charge is -2.18. The maximum absolute atomic E-state index is 4.48. The number of rotatable bonds is 3. The molecule has 17 heavy (non-hydrogen) atoms. The van der Waals surface area contributed by atoms with Crippen LogP contribution < -0.4 is 10.6 Å². The summed E-state index contributed by atoms with van der Waals surface area (Å²) in [6, 6.07) is 0.579. The van der Waals surface area contributed by atoms with Crippen LogP contribution >= 0.6 is 0 Å². The predicted octanol–water partition coefficient (Wildman–Crippen LogP) is 2.96. The predicted molar refractivity (Wildman–Crippen MR) is 71.4 cm³/mol. The second-order valence-electron chi connectivity index (χ2n) is 4.81. The molecule has 0 spiro atoms. The summed E-state index contributed by atoms with van der Waals surface area (Å²) in [7, 11) is 1.85. The molecule has 0 aliphatic heterocycles. The van der Waals surface area contributed by atoms with Gasteiger partial charge in [0.05, 0.1) is 0 Å². The zero-order valence-corrected chi connectivity index (χ0v) is 10.8. The third-order valence-electron chi connectivity index (χ3n) is 3.39. The van der Waals surface area contributed by atoms with E-state index in [1.807, 2.05) is 13.2 Å². The van der Waals surface area contributed by atoms with E-state index >= 15 is 0 Å². The first-order valence-electron chi connectivity index (χ1n) is 6.57. The van der Waals surface area contributed by atoms with Crippen molar-refractivity contribution >= 4 is 11.8 Å².